The molecule has 0 atom stereocenters. The van der Waals surface area contributed by atoms with E-state index in [0.717, 1.165) is 12.1 Å². The number of benzene rings is 1. The first-order chi connectivity index (χ1) is 8.23. The highest BCUT2D eigenvalue weighted by Crippen LogP contribution is 2.20. The van der Waals surface area contributed by atoms with Gasteiger partial charge < -0.3 is 5.11 Å². The van der Waals surface area contributed by atoms with Gasteiger partial charge in [-0.1, -0.05) is 18.2 Å². The van der Waals surface area contributed by atoms with Gasteiger partial charge in [-0.3, -0.25) is 9.59 Å². The van der Waals surface area contributed by atoms with Crippen molar-refractivity contribution in [1.29, 1.82) is 0 Å². The molecule has 0 aliphatic carbocycles. The maximum Gasteiger partial charge on any atom is 0.450 e. The number of carboxylic acid groups (broad SMARTS) is 1. The van der Waals surface area contributed by atoms with Crippen molar-refractivity contribution in [2.75, 3.05) is 0 Å². The molecule has 96 valence electrons. The lowest BCUT2D eigenvalue weighted by molar-refractivity contribution is -0.170. The molecule has 1 aromatic rings. The van der Waals surface area contributed by atoms with Gasteiger partial charge in [0.1, 0.15) is 0 Å². The zero-order valence-electron chi connectivity index (χ0n) is 8.82. The second kappa shape index (κ2) is 4.99. The predicted molar refractivity (Wildman–Crippen MR) is 53.4 cm³/mol. The molecule has 4 nitrogen and oxygen atoms in total. The normalized spacial score (nSPS) is 11.1. The molecule has 1 rings (SSSR count). The monoisotopic (exact) mass is 260 g/mol. The van der Waals surface area contributed by atoms with Crippen LogP contribution in [-0.4, -0.2) is 28.8 Å². The van der Waals surface area contributed by atoms with E-state index in [-0.39, 0.29) is 0 Å². The second-order valence-electron chi connectivity index (χ2n) is 3.37. The molecule has 0 heterocycles. The van der Waals surface area contributed by atoms with Crippen molar-refractivity contribution in [2.45, 2.75) is 12.6 Å². The molecule has 0 fully saturated rings. The van der Waals surface area contributed by atoms with Crippen LogP contribution in [0.3, 0.4) is 0 Å². The fraction of sp³-hybridized carbons (Fsp3) is 0.182. The smallest absolute Gasteiger partial charge is 0.450 e. The maximum atomic E-state index is 12.0. The second-order valence-corrected chi connectivity index (χ2v) is 3.37. The summed E-state index contributed by atoms with van der Waals surface area (Å²) < 4.78 is 35.9. The minimum atomic E-state index is -5.10. The molecule has 0 aliphatic heterocycles. The Labute approximate surface area is 99.0 Å². The van der Waals surface area contributed by atoms with Crippen molar-refractivity contribution in [3.8, 4) is 0 Å². The molecule has 7 heteroatoms. The number of carboxylic acids is 1. The summed E-state index contributed by atoms with van der Waals surface area (Å²) >= 11 is 0. The van der Waals surface area contributed by atoms with Crippen LogP contribution in [-0.2, 0) is 4.79 Å². The Morgan fingerprint density at radius 2 is 1.56 bits per heavy atom. The summed E-state index contributed by atoms with van der Waals surface area (Å²) in [5.74, 6) is -4.82. The summed E-state index contributed by atoms with van der Waals surface area (Å²) in [5, 5.41) is 8.75. The first kappa shape index (κ1) is 13.9. The van der Waals surface area contributed by atoms with Crippen LogP contribution >= 0.6 is 0 Å². The lowest BCUT2D eigenvalue weighted by Gasteiger charge is -2.06. The number of ketones is 2. The minimum absolute atomic E-state index is 0.414. The van der Waals surface area contributed by atoms with Gasteiger partial charge in [0.15, 0.2) is 5.78 Å². The Bertz CT molecular complexity index is 505. The number of carbonyl (C=O) groups is 3. The third-order valence-electron chi connectivity index (χ3n) is 2.10. The molecule has 0 unspecified atom stereocenters. The Hall–Kier alpha value is -2.18. The number of hydrogen-bond acceptors (Lipinski definition) is 3. The summed E-state index contributed by atoms with van der Waals surface area (Å²) in [6.07, 6.45) is -6.50. The summed E-state index contributed by atoms with van der Waals surface area (Å²) in [5.41, 5.74) is -0.847. The molecular weight excluding hydrogens is 253 g/mol. The topological polar surface area (TPSA) is 71.4 Å². The molecular formula is C11H7F3O4. The Balaban J connectivity index is 2.99. The van der Waals surface area contributed by atoms with E-state index in [0.29, 0.717) is 0 Å². The number of aromatic carboxylic acids is 1. The van der Waals surface area contributed by atoms with Crippen molar-refractivity contribution >= 4 is 17.5 Å². The SMILES string of the molecule is O=C(O)c1ccccc1C(=O)CC(=O)C(F)(F)F. The summed E-state index contributed by atoms with van der Waals surface area (Å²) in [7, 11) is 0. The standard InChI is InChI=1S/C11H7F3O4/c12-11(13,14)9(16)5-8(15)6-3-1-2-4-7(6)10(17)18/h1-4H,5H2,(H,17,18). The van der Waals surface area contributed by atoms with Gasteiger partial charge >= 0.3 is 12.1 Å². The van der Waals surface area contributed by atoms with E-state index in [2.05, 4.69) is 0 Å². The quantitative estimate of drug-likeness (QED) is 0.664. The van der Waals surface area contributed by atoms with Gasteiger partial charge in [0.2, 0.25) is 5.78 Å². The van der Waals surface area contributed by atoms with E-state index in [1.807, 2.05) is 0 Å². The van der Waals surface area contributed by atoms with Crippen LogP contribution in [0, 0.1) is 0 Å². The fourth-order valence-corrected chi connectivity index (χ4v) is 1.25. The van der Waals surface area contributed by atoms with E-state index < -0.39 is 41.3 Å². The highest BCUT2D eigenvalue weighted by Gasteiger charge is 2.39. The maximum absolute atomic E-state index is 12.0. The van der Waals surface area contributed by atoms with Gasteiger partial charge in [-0.25, -0.2) is 4.79 Å². The average Bonchev–Trinajstić information content (AvgIpc) is 2.27. The van der Waals surface area contributed by atoms with Crippen molar-refractivity contribution in [3.05, 3.63) is 35.4 Å². The number of rotatable bonds is 4. The molecule has 0 radical (unpaired) electrons. The van der Waals surface area contributed by atoms with Crippen LogP contribution < -0.4 is 0 Å². The zero-order valence-corrected chi connectivity index (χ0v) is 8.82. The third kappa shape index (κ3) is 3.16. The molecule has 0 aliphatic rings. The molecule has 1 N–H and O–H groups in total. The summed E-state index contributed by atoms with van der Waals surface area (Å²) in [4.78, 5) is 32.8. The molecule has 0 bridgehead atoms. The fourth-order valence-electron chi connectivity index (χ4n) is 1.25. The molecule has 0 saturated carbocycles. The lowest BCUT2D eigenvalue weighted by Crippen LogP contribution is -2.25. The van der Waals surface area contributed by atoms with E-state index in [9.17, 15) is 27.6 Å². The van der Waals surface area contributed by atoms with Crippen molar-refractivity contribution in [3.63, 3.8) is 0 Å². The predicted octanol–water partition coefficient (Wildman–Crippen LogP) is 2.09. The number of hydrogen-bond donors (Lipinski definition) is 1. The number of alkyl halides is 3. The Morgan fingerprint density at radius 3 is 2.00 bits per heavy atom. The first-order valence-electron chi connectivity index (χ1n) is 4.69. The highest BCUT2D eigenvalue weighted by molar-refractivity contribution is 6.13. The van der Waals surface area contributed by atoms with Gasteiger partial charge in [-0.05, 0) is 6.07 Å². The van der Waals surface area contributed by atoms with E-state index in [1.54, 1.807) is 0 Å². The summed E-state index contributed by atoms with van der Waals surface area (Å²) in [6, 6.07) is 4.77. The van der Waals surface area contributed by atoms with Crippen molar-refractivity contribution < 1.29 is 32.7 Å². The third-order valence-corrected chi connectivity index (χ3v) is 2.10. The molecule has 0 amide bonds. The van der Waals surface area contributed by atoms with Crippen LogP contribution in [0.15, 0.2) is 24.3 Å². The van der Waals surface area contributed by atoms with Gasteiger partial charge in [0, 0.05) is 5.56 Å². The van der Waals surface area contributed by atoms with Gasteiger partial charge in [-0.2, -0.15) is 13.2 Å². The molecule has 0 saturated heterocycles. The Kier molecular flexibility index (Phi) is 3.85. The van der Waals surface area contributed by atoms with Gasteiger partial charge in [0.25, 0.3) is 0 Å². The first-order valence-corrected chi connectivity index (χ1v) is 4.69. The minimum Gasteiger partial charge on any atom is -0.478 e. The van der Waals surface area contributed by atoms with Crippen LogP contribution in [0.4, 0.5) is 13.2 Å². The number of halogens is 3. The zero-order chi connectivity index (χ0) is 13.9. The van der Waals surface area contributed by atoms with E-state index >= 15 is 0 Å². The molecule has 1 aromatic carbocycles. The Morgan fingerprint density at radius 1 is 1.06 bits per heavy atom. The van der Waals surface area contributed by atoms with E-state index in [1.165, 1.54) is 12.1 Å². The summed E-state index contributed by atoms with van der Waals surface area (Å²) in [6.45, 7) is 0. The average molecular weight is 260 g/mol. The molecule has 0 aromatic heterocycles. The molecule has 18 heavy (non-hydrogen) atoms. The van der Waals surface area contributed by atoms with Crippen LogP contribution in [0.5, 0.6) is 0 Å². The van der Waals surface area contributed by atoms with Crippen molar-refractivity contribution in [1.82, 2.24) is 0 Å². The number of carbonyl (C=O) groups excluding carboxylic acids is 2. The van der Waals surface area contributed by atoms with Crippen molar-refractivity contribution in [2.24, 2.45) is 0 Å². The molecule has 0 spiro atoms. The van der Waals surface area contributed by atoms with Gasteiger partial charge in [0.05, 0.1) is 12.0 Å². The highest BCUT2D eigenvalue weighted by atomic mass is 19.4. The van der Waals surface area contributed by atoms with Gasteiger partial charge in [-0.15, -0.1) is 0 Å². The van der Waals surface area contributed by atoms with Crippen LogP contribution in [0.25, 0.3) is 0 Å². The largest absolute Gasteiger partial charge is 0.478 e. The van der Waals surface area contributed by atoms with Crippen LogP contribution in [0.2, 0.25) is 0 Å². The van der Waals surface area contributed by atoms with Crippen LogP contribution in [0.1, 0.15) is 27.1 Å². The number of Topliss-reactive ketones (excluding diaryl/α,β-unsaturated/α-hetero) is 2. The lowest BCUT2D eigenvalue weighted by atomic mass is 10.00. The van der Waals surface area contributed by atoms with E-state index in [4.69, 9.17) is 5.11 Å².